The summed E-state index contributed by atoms with van der Waals surface area (Å²) in [7, 11) is 0. The number of rotatable bonds is 9. The van der Waals surface area contributed by atoms with Gasteiger partial charge in [-0.3, -0.25) is 5.43 Å². The van der Waals surface area contributed by atoms with Crippen LogP contribution in [0.15, 0.2) is 0 Å². The summed E-state index contributed by atoms with van der Waals surface area (Å²) in [6.07, 6.45) is 21.1. The summed E-state index contributed by atoms with van der Waals surface area (Å²) in [4.78, 5) is 0. The minimum Gasteiger partial charge on any atom is -0.252 e. The molecule has 0 radical (unpaired) electrons. The molecule has 1 N–H and O–H groups in total. The normalized spacial score (nSPS) is 23.0. The second kappa shape index (κ2) is 10.6. The van der Waals surface area contributed by atoms with Crippen LogP contribution >= 0.6 is 0 Å². The number of nitrogens with one attached hydrogen (secondary N) is 1. The molecule has 0 aliphatic heterocycles. The monoisotopic (exact) mass is 308 g/mol. The highest BCUT2D eigenvalue weighted by Gasteiger charge is 2.30. The van der Waals surface area contributed by atoms with Crippen LogP contribution in [0.3, 0.4) is 0 Å². The largest absolute Gasteiger partial charge is 0.252 e. The van der Waals surface area contributed by atoms with Gasteiger partial charge in [0.05, 0.1) is 0 Å². The molecule has 1 unspecified atom stereocenters. The van der Waals surface area contributed by atoms with Gasteiger partial charge in [-0.2, -0.15) is 0 Å². The molecule has 130 valence electrons. The first kappa shape index (κ1) is 18.3. The first-order chi connectivity index (χ1) is 10.8. The molecule has 22 heavy (non-hydrogen) atoms. The Morgan fingerprint density at radius 3 is 1.77 bits per heavy atom. The van der Waals surface area contributed by atoms with Gasteiger partial charge in [0.25, 0.3) is 0 Å². The highest BCUT2D eigenvalue weighted by Crippen LogP contribution is 2.29. The third kappa shape index (κ3) is 5.85. The number of unbranched alkanes of at least 4 members (excludes halogenated alkanes) is 1. The van der Waals surface area contributed by atoms with Crippen LogP contribution in [-0.4, -0.2) is 23.1 Å². The van der Waals surface area contributed by atoms with E-state index in [1.165, 1.54) is 96.3 Å². The lowest BCUT2D eigenvalue weighted by Crippen LogP contribution is -2.56. The molecule has 0 saturated heterocycles. The molecule has 0 bridgehead atoms. The summed E-state index contributed by atoms with van der Waals surface area (Å²) in [5.74, 6) is 0. The molecule has 0 spiro atoms. The minimum absolute atomic E-state index is 0.716. The van der Waals surface area contributed by atoms with Crippen molar-refractivity contribution in [1.29, 1.82) is 0 Å². The molecule has 0 aromatic heterocycles. The molecule has 0 aromatic rings. The van der Waals surface area contributed by atoms with Crippen LogP contribution < -0.4 is 5.43 Å². The van der Waals surface area contributed by atoms with E-state index in [1.54, 1.807) is 0 Å². The Labute approximate surface area is 139 Å². The Kier molecular flexibility index (Phi) is 8.84. The van der Waals surface area contributed by atoms with Crippen molar-refractivity contribution < 1.29 is 0 Å². The highest BCUT2D eigenvalue weighted by molar-refractivity contribution is 4.83. The smallest absolute Gasteiger partial charge is 0.0246 e. The van der Waals surface area contributed by atoms with Gasteiger partial charge in [-0.15, -0.1) is 0 Å². The Hall–Kier alpha value is -0.0800. The maximum atomic E-state index is 4.06. The maximum absolute atomic E-state index is 4.06. The third-order valence-corrected chi connectivity index (χ3v) is 5.81. The molecule has 0 amide bonds. The number of hydrogen-bond donors (Lipinski definition) is 1. The van der Waals surface area contributed by atoms with Gasteiger partial charge in [-0.1, -0.05) is 71.6 Å². The van der Waals surface area contributed by atoms with E-state index in [0.717, 1.165) is 12.1 Å². The summed E-state index contributed by atoms with van der Waals surface area (Å²) in [6.45, 7) is 4.66. The minimum atomic E-state index is 0.716. The molecular formula is C20H40N2. The first-order valence-corrected chi connectivity index (χ1v) is 10.4. The molecule has 2 saturated carbocycles. The Bertz CT molecular complexity index is 249. The van der Waals surface area contributed by atoms with Crippen LogP contribution in [0.4, 0.5) is 0 Å². The lowest BCUT2D eigenvalue weighted by atomic mass is 9.90. The van der Waals surface area contributed by atoms with Gasteiger partial charge in [-0.25, -0.2) is 5.01 Å². The van der Waals surface area contributed by atoms with E-state index in [2.05, 4.69) is 24.3 Å². The Morgan fingerprint density at radius 1 is 0.773 bits per heavy atom. The summed E-state index contributed by atoms with van der Waals surface area (Å²) in [5, 5.41) is 2.79. The van der Waals surface area contributed by atoms with Gasteiger partial charge in [0.15, 0.2) is 0 Å². The van der Waals surface area contributed by atoms with E-state index in [0.29, 0.717) is 6.04 Å². The van der Waals surface area contributed by atoms with E-state index in [9.17, 15) is 0 Å². The van der Waals surface area contributed by atoms with E-state index in [4.69, 9.17) is 0 Å². The van der Waals surface area contributed by atoms with Crippen LogP contribution in [0.5, 0.6) is 0 Å². The van der Waals surface area contributed by atoms with Crippen molar-refractivity contribution in [3.05, 3.63) is 0 Å². The molecule has 2 heteroatoms. The van der Waals surface area contributed by atoms with E-state index in [-0.39, 0.29) is 0 Å². The van der Waals surface area contributed by atoms with Crippen LogP contribution in [0.2, 0.25) is 0 Å². The molecule has 1 atom stereocenters. The molecule has 2 fully saturated rings. The van der Waals surface area contributed by atoms with Gasteiger partial charge in [0.2, 0.25) is 0 Å². The summed E-state index contributed by atoms with van der Waals surface area (Å²) in [6, 6.07) is 2.35. The zero-order valence-corrected chi connectivity index (χ0v) is 15.3. The molecule has 2 aliphatic rings. The summed E-state index contributed by atoms with van der Waals surface area (Å²) in [5.41, 5.74) is 4.06. The Balaban J connectivity index is 1.97. The van der Waals surface area contributed by atoms with Crippen LogP contribution in [-0.2, 0) is 0 Å². The van der Waals surface area contributed by atoms with Crippen molar-refractivity contribution >= 4 is 0 Å². The Morgan fingerprint density at radius 2 is 1.32 bits per heavy atom. The van der Waals surface area contributed by atoms with E-state index < -0.39 is 0 Å². The number of hydrazine groups is 1. The topological polar surface area (TPSA) is 15.3 Å². The lowest BCUT2D eigenvalue weighted by Gasteiger charge is -2.43. The third-order valence-electron chi connectivity index (χ3n) is 5.81. The highest BCUT2D eigenvalue weighted by atomic mass is 15.5. The molecule has 0 heterocycles. The maximum Gasteiger partial charge on any atom is 0.0246 e. The zero-order valence-electron chi connectivity index (χ0n) is 15.3. The average molecular weight is 309 g/mol. The lowest BCUT2D eigenvalue weighted by molar-refractivity contribution is 0.0110. The second-order valence-electron chi connectivity index (χ2n) is 7.75. The predicted molar refractivity (Wildman–Crippen MR) is 96.9 cm³/mol. The van der Waals surface area contributed by atoms with Crippen LogP contribution in [0.25, 0.3) is 0 Å². The van der Waals surface area contributed by atoms with Gasteiger partial charge < -0.3 is 0 Å². The van der Waals surface area contributed by atoms with E-state index >= 15 is 0 Å². The predicted octanol–water partition coefficient (Wildman–Crippen LogP) is 5.82. The van der Waals surface area contributed by atoms with Crippen molar-refractivity contribution in [3.8, 4) is 0 Å². The number of hydrogen-bond acceptors (Lipinski definition) is 2. The van der Waals surface area contributed by atoms with Gasteiger partial charge in [0.1, 0.15) is 0 Å². The number of nitrogens with zero attached hydrogens (tertiary/aromatic N) is 1. The van der Waals surface area contributed by atoms with E-state index in [1.807, 2.05) is 0 Å². The molecule has 0 aromatic carbocycles. The van der Waals surface area contributed by atoms with Crippen molar-refractivity contribution in [2.75, 3.05) is 0 Å². The molecule has 2 nitrogen and oxygen atoms in total. The fourth-order valence-electron chi connectivity index (χ4n) is 4.51. The molecule has 2 rings (SSSR count). The average Bonchev–Trinajstić information content (AvgIpc) is 2.59. The molecular weight excluding hydrogens is 268 g/mol. The standard InChI is InChI=1S/C20H40N2/c1-3-5-13-18(12-4-2)21-22(19-14-8-6-9-15-19)20-16-10-7-11-17-20/h18-21H,3-17H2,1-2H3. The summed E-state index contributed by atoms with van der Waals surface area (Å²) >= 11 is 0. The van der Waals surface area contributed by atoms with Crippen molar-refractivity contribution in [1.82, 2.24) is 10.4 Å². The van der Waals surface area contributed by atoms with Crippen LogP contribution in [0.1, 0.15) is 110 Å². The van der Waals surface area contributed by atoms with Gasteiger partial charge >= 0.3 is 0 Å². The summed E-state index contributed by atoms with van der Waals surface area (Å²) < 4.78 is 0. The van der Waals surface area contributed by atoms with Gasteiger partial charge in [0, 0.05) is 18.1 Å². The first-order valence-electron chi connectivity index (χ1n) is 10.4. The van der Waals surface area contributed by atoms with Crippen LogP contribution in [0, 0.1) is 0 Å². The van der Waals surface area contributed by atoms with Crippen molar-refractivity contribution in [3.63, 3.8) is 0 Å². The zero-order chi connectivity index (χ0) is 15.6. The molecule has 2 aliphatic carbocycles. The quantitative estimate of drug-likeness (QED) is 0.540. The van der Waals surface area contributed by atoms with Crippen molar-refractivity contribution in [2.24, 2.45) is 0 Å². The fourth-order valence-corrected chi connectivity index (χ4v) is 4.51. The SMILES string of the molecule is CCCCC(CCC)NN(C1CCCCC1)C1CCCCC1. The van der Waals surface area contributed by atoms with Crippen molar-refractivity contribution in [2.45, 2.75) is 128 Å². The second-order valence-corrected chi connectivity index (χ2v) is 7.75. The fraction of sp³-hybridized carbons (Fsp3) is 1.00. The van der Waals surface area contributed by atoms with Gasteiger partial charge in [-0.05, 0) is 38.5 Å².